The van der Waals surface area contributed by atoms with Gasteiger partial charge in [-0.25, -0.2) is 0 Å². The molecular weight excluding hydrogens is 530 g/mol. The molecule has 3 amide bonds. The SMILES string of the molecule is CC(C)C[C@H](O)[C@H](O)[C@H](CC1CCCCC1)N(CC(=O)N(C)C)C(=O)[C@@H](CC(=O)NCCc1ccccc1)CC1CC1. The number of nitrogens with zero attached hydrogens (tertiary/aromatic N) is 2. The smallest absolute Gasteiger partial charge is 0.241 e. The lowest BCUT2D eigenvalue weighted by molar-refractivity contribution is -0.151. The second-order valence-electron chi connectivity index (χ2n) is 13.4. The van der Waals surface area contributed by atoms with E-state index in [2.05, 4.69) is 5.32 Å². The number of aliphatic hydroxyl groups is 2. The number of carbonyl (C=O) groups excluding carboxylic acids is 3. The second-order valence-corrected chi connectivity index (χ2v) is 13.4. The number of aliphatic hydroxyl groups excluding tert-OH is 2. The summed E-state index contributed by atoms with van der Waals surface area (Å²) in [5.74, 6) is -0.361. The predicted molar refractivity (Wildman–Crippen MR) is 165 cm³/mol. The molecule has 0 bridgehead atoms. The van der Waals surface area contributed by atoms with Crippen LogP contribution >= 0.6 is 0 Å². The summed E-state index contributed by atoms with van der Waals surface area (Å²) in [6.07, 6.45) is 7.64. The van der Waals surface area contributed by atoms with Gasteiger partial charge in [-0.1, -0.05) is 89.1 Å². The Labute approximate surface area is 253 Å². The molecule has 8 heteroatoms. The highest BCUT2D eigenvalue weighted by atomic mass is 16.3. The van der Waals surface area contributed by atoms with E-state index < -0.39 is 24.2 Å². The van der Waals surface area contributed by atoms with Gasteiger partial charge < -0.3 is 25.3 Å². The molecule has 0 unspecified atom stereocenters. The van der Waals surface area contributed by atoms with Crippen LogP contribution in [0.25, 0.3) is 0 Å². The molecule has 3 rings (SSSR count). The van der Waals surface area contributed by atoms with Gasteiger partial charge in [-0.3, -0.25) is 14.4 Å². The maximum absolute atomic E-state index is 14.4. The molecule has 0 aromatic heterocycles. The summed E-state index contributed by atoms with van der Waals surface area (Å²) >= 11 is 0. The van der Waals surface area contributed by atoms with Crippen LogP contribution in [-0.2, 0) is 20.8 Å². The molecule has 2 aliphatic carbocycles. The molecule has 1 aromatic carbocycles. The van der Waals surface area contributed by atoms with Crippen LogP contribution in [-0.4, -0.2) is 83.2 Å². The van der Waals surface area contributed by atoms with Gasteiger partial charge in [0.2, 0.25) is 17.7 Å². The van der Waals surface area contributed by atoms with Crippen LogP contribution in [0.5, 0.6) is 0 Å². The van der Waals surface area contributed by atoms with E-state index in [-0.39, 0.29) is 36.6 Å². The van der Waals surface area contributed by atoms with Gasteiger partial charge in [0.15, 0.2) is 0 Å². The van der Waals surface area contributed by atoms with E-state index in [0.29, 0.717) is 44.1 Å². The molecule has 0 spiro atoms. The highest BCUT2D eigenvalue weighted by molar-refractivity contribution is 5.89. The Morgan fingerprint density at radius 2 is 1.57 bits per heavy atom. The number of hydrogen-bond acceptors (Lipinski definition) is 5. The molecule has 42 heavy (non-hydrogen) atoms. The van der Waals surface area contributed by atoms with Crippen molar-refractivity contribution in [2.24, 2.45) is 23.7 Å². The summed E-state index contributed by atoms with van der Waals surface area (Å²) in [5.41, 5.74) is 1.14. The third kappa shape index (κ3) is 11.3. The minimum Gasteiger partial charge on any atom is -0.390 e. The molecule has 0 saturated heterocycles. The fraction of sp³-hybridized carbons (Fsp3) is 0.735. The molecule has 2 fully saturated rings. The predicted octanol–water partition coefficient (Wildman–Crippen LogP) is 4.18. The van der Waals surface area contributed by atoms with Gasteiger partial charge in [-0.15, -0.1) is 0 Å². The van der Waals surface area contributed by atoms with E-state index in [1.807, 2.05) is 44.2 Å². The van der Waals surface area contributed by atoms with Crippen LogP contribution in [0.3, 0.4) is 0 Å². The Morgan fingerprint density at radius 3 is 2.17 bits per heavy atom. The first-order chi connectivity index (χ1) is 20.0. The normalized spacial score (nSPS) is 18.6. The first-order valence-electron chi connectivity index (χ1n) is 16.2. The van der Waals surface area contributed by atoms with Crippen molar-refractivity contribution < 1.29 is 24.6 Å². The summed E-state index contributed by atoms with van der Waals surface area (Å²) in [7, 11) is 3.32. The van der Waals surface area contributed by atoms with Gasteiger partial charge in [0.25, 0.3) is 0 Å². The number of rotatable bonds is 17. The Balaban J connectivity index is 1.82. The van der Waals surface area contributed by atoms with E-state index in [4.69, 9.17) is 0 Å². The fourth-order valence-electron chi connectivity index (χ4n) is 6.29. The van der Waals surface area contributed by atoms with E-state index in [1.165, 1.54) is 16.2 Å². The number of likely N-dealkylation sites (N-methyl/N-ethyl adjacent to an activating group) is 1. The lowest BCUT2D eigenvalue weighted by Gasteiger charge is -2.41. The number of hydrogen-bond donors (Lipinski definition) is 3. The zero-order chi connectivity index (χ0) is 30.6. The van der Waals surface area contributed by atoms with Gasteiger partial charge in [0.1, 0.15) is 12.6 Å². The largest absolute Gasteiger partial charge is 0.390 e. The summed E-state index contributed by atoms with van der Waals surface area (Å²) in [5, 5.41) is 25.6. The third-order valence-electron chi connectivity index (χ3n) is 8.96. The lowest BCUT2D eigenvalue weighted by atomic mass is 9.81. The van der Waals surface area contributed by atoms with E-state index in [0.717, 1.165) is 44.1 Å². The average molecular weight is 586 g/mol. The molecule has 4 atom stereocenters. The van der Waals surface area contributed by atoms with Gasteiger partial charge in [0.05, 0.1) is 12.1 Å². The maximum atomic E-state index is 14.4. The number of carbonyl (C=O) groups is 3. The van der Waals surface area contributed by atoms with E-state index in [1.54, 1.807) is 14.1 Å². The maximum Gasteiger partial charge on any atom is 0.241 e. The van der Waals surface area contributed by atoms with Crippen LogP contribution in [0.1, 0.15) is 90.0 Å². The van der Waals surface area contributed by atoms with Gasteiger partial charge >= 0.3 is 0 Å². The molecule has 1 aromatic rings. The van der Waals surface area contributed by atoms with E-state index >= 15 is 0 Å². The first-order valence-corrected chi connectivity index (χ1v) is 16.2. The highest BCUT2D eigenvalue weighted by Gasteiger charge is 2.41. The quantitative estimate of drug-likeness (QED) is 0.254. The van der Waals surface area contributed by atoms with Crippen LogP contribution in [0.15, 0.2) is 30.3 Å². The van der Waals surface area contributed by atoms with Crippen LogP contribution < -0.4 is 5.32 Å². The van der Waals surface area contributed by atoms with Crippen LogP contribution in [0, 0.1) is 23.7 Å². The number of nitrogens with one attached hydrogen (secondary N) is 1. The van der Waals surface area contributed by atoms with Crippen molar-refractivity contribution in [3.05, 3.63) is 35.9 Å². The Morgan fingerprint density at radius 1 is 0.929 bits per heavy atom. The van der Waals surface area contributed by atoms with E-state index in [9.17, 15) is 24.6 Å². The minimum absolute atomic E-state index is 0.0531. The zero-order valence-electron chi connectivity index (χ0n) is 26.3. The average Bonchev–Trinajstić information content (AvgIpc) is 3.78. The second kappa shape index (κ2) is 17.0. The van der Waals surface area contributed by atoms with Crippen LogP contribution in [0.2, 0.25) is 0 Å². The van der Waals surface area contributed by atoms with Crippen molar-refractivity contribution in [2.75, 3.05) is 27.2 Å². The molecule has 2 aliphatic rings. The molecule has 0 heterocycles. The van der Waals surface area contributed by atoms with Crippen LogP contribution in [0.4, 0.5) is 0 Å². The van der Waals surface area contributed by atoms with Crippen molar-refractivity contribution in [3.8, 4) is 0 Å². The highest BCUT2D eigenvalue weighted by Crippen LogP contribution is 2.38. The number of benzene rings is 1. The zero-order valence-corrected chi connectivity index (χ0v) is 26.3. The van der Waals surface area contributed by atoms with Crippen molar-refractivity contribution in [3.63, 3.8) is 0 Å². The van der Waals surface area contributed by atoms with Crippen molar-refractivity contribution >= 4 is 17.7 Å². The summed E-state index contributed by atoms with van der Waals surface area (Å²) in [4.78, 5) is 43.6. The Kier molecular flexibility index (Phi) is 13.8. The molecule has 2 saturated carbocycles. The Hall–Kier alpha value is -2.45. The summed E-state index contributed by atoms with van der Waals surface area (Å²) < 4.78 is 0. The van der Waals surface area contributed by atoms with Gasteiger partial charge in [-0.2, -0.15) is 0 Å². The van der Waals surface area contributed by atoms with Gasteiger partial charge in [0, 0.05) is 33.0 Å². The van der Waals surface area contributed by atoms with Crippen molar-refractivity contribution in [1.29, 1.82) is 0 Å². The minimum atomic E-state index is -1.17. The van der Waals surface area contributed by atoms with Crippen molar-refractivity contribution in [2.45, 2.75) is 109 Å². The van der Waals surface area contributed by atoms with Crippen molar-refractivity contribution in [1.82, 2.24) is 15.1 Å². The Bertz CT molecular complexity index is 975. The molecule has 0 radical (unpaired) electrons. The topological polar surface area (TPSA) is 110 Å². The summed E-state index contributed by atoms with van der Waals surface area (Å²) in [6, 6.07) is 9.26. The molecular formula is C34H55N3O5. The molecule has 8 nitrogen and oxygen atoms in total. The monoisotopic (exact) mass is 585 g/mol. The standard InChI is InChI=1S/C34H55N3O5/c1-24(2)19-30(38)33(41)29(21-26-13-9-6-10-14-26)37(23-32(40)36(3)4)34(42)28(20-27-15-16-27)22-31(39)35-18-17-25-11-7-5-8-12-25/h5,7-8,11-12,24,26-30,33,38,41H,6,9-10,13-23H2,1-4H3,(H,35,39)/t28-,29+,30+,33-/m1/s1. The molecule has 3 N–H and O–H groups in total. The van der Waals surface area contributed by atoms with Gasteiger partial charge in [-0.05, 0) is 49.0 Å². The molecule has 236 valence electrons. The fourth-order valence-corrected chi connectivity index (χ4v) is 6.29. The molecule has 0 aliphatic heterocycles. The lowest BCUT2D eigenvalue weighted by Crippen LogP contribution is -2.56. The first kappa shape index (κ1) is 34.0. The summed E-state index contributed by atoms with van der Waals surface area (Å²) in [6.45, 7) is 4.30. The third-order valence-corrected chi connectivity index (χ3v) is 8.96. The number of amides is 3.